The molecule has 1 fully saturated rings. The number of hydrogen-bond acceptors (Lipinski definition) is 4. The Balaban J connectivity index is 1.84. The summed E-state index contributed by atoms with van der Waals surface area (Å²) in [6.07, 6.45) is 1.08. The molecule has 3 atom stereocenters. The average molecular weight is 429 g/mol. The number of carbonyl (C=O) groups excluding carboxylic acids is 3. The number of imide groups is 1. The molecule has 1 saturated heterocycles. The Labute approximate surface area is 179 Å². The van der Waals surface area contributed by atoms with Gasteiger partial charge in [-0.05, 0) is 49.4 Å². The fourth-order valence-electron chi connectivity index (χ4n) is 3.81. The van der Waals surface area contributed by atoms with Crippen LogP contribution in [0.3, 0.4) is 0 Å². The second-order valence-electron chi connectivity index (χ2n) is 7.76. The minimum absolute atomic E-state index is 0.0705. The summed E-state index contributed by atoms with van der Waals surface area (Å²) in [6.45, 7) is 1.42. The van der Waals surface area contributed by atoms with Crippen molar-refractivity contribution in [3.8, 4) is 0 Å². The fraction of sp³-hybridized carbons (Fsp3) is 0.348. The van der Waals surface area contributed by atoms with Crippen molar-refractivity contribution in [2.75, 3.05) is 0 Å². The molecule has 3 amide bonds. The van der Waals surface area contributed by atoms with Gasteiger partial charge in [0, 0.05) is 6.07 Å². The van der Waals surface area contributed by atoms with Gasteiger partial charge in [-0.15, -0.1) is 0 Å². The van der Waals surface area contributed by atoms with E-state index in [4.69, 9.17) is 5.73 Å². The number of hydrogen-bond donors (Lipinski definition) is 2. The molecule has 8 heteroatoms. The SMILES string of the molecule is C[C@H](N)C(=O)N(C(=O)Cc1cc(F)cc(F)c1)[C@H]1CCC[C@@H](c2ccccc2)NC1=O. The lowest BCUT2D eigenvalue weighted by Crippen LogP contribution is -2.56. The van der Waals surface area contributed by atoms with Crippen molar-refractivity contribution in [2.45, 2.75) is 50.7 Å². The third kappa shape index (κ3) is 5.52. The van der Waals surface area contributed by atoms with Gasteiger partial charge in [-0.3, -0.25) is 19.3 Å². The molecule has 6 nitrogen and oxygen atoms in total. The fourth-order valence-corrected chi connectivity index (χ4v) is 3.81. The molecule has 0 saturated carbocycles. The highest BCUT2D eigenvalue weighted by atomic mass is 19.1. The molecule has 2 aromatic carbocycles. The lowest BCUT2D eigenvalue weighted by molar-refractivity contribution is -0.152. The number of amides is 3. The van der Waals surface area contributed by atoms with E-state index in [0.29, 0.717) is 18.9 Å². The van der Waals surface area contributed by atoms with Gasteiger partial charge in [0.25, 0.3) is 0 Å². The first kappa shape index (κ1) is 22.6. The highest BCUT2D eigenvalue weighted by Crippen LogP contribution is 2.26. The van der Waals surface area contributed by atoms with Crippen LogP contribution in [0.5, 0.6) is 0 Å². The van der Waals surface area contributed by atoms with Crippen molar-refractivity contribution < 1.29 is 23.2 Å². The predicted molar refractivity (Wildman–Crippen MR) is 111 cm³/mol. The van der Waals surface area contributed by atoms with E-state index < -0.39 is 47.9 Å². The van der Waals surface area contributed by atoms with E-state index in [0.717, 1.165) is 22.6 Å². The third-order valence-corrected chi connectivity index (χ3v) is 5.28. The zero-order valence-corrected chi connectivity index (χ0v) is 17.2. The van der Waals surface area contributed by atoms with Gasteiger partial charge in [0.15, 0.2) is 0 Å². The Kier molecular flexibility index (Phi) is 7.12. The number of benzene rings is 2. The van der Waals surface area contributed by atoms with Crippen LogP contribution in [0.25, 0.3) is 0 Å². The van der Waals surface area contributed by atoms with Crippen molar-refractivity contribution >= 4 is 17.7 Å². The van der Waals surface area contributed by atoms with Gasteiger partial charge in [-0.2, -0.15) is 0 Å². The minimum Gasteiger partial charge on any atom is -0.347 e. The molecule has 1 aliphatic heterocycles. The van der Waals surface area contributed by atoms with Crippen molar-refractivity contribution in [3.05, 3.63) is 71.3 Å². The summed E-state index contributed by atoms with van der Waals surface area (Å²) in [7, 11) is 0. The summed E-state index contributed by atoms with van der Waals surface area (Å²) in [5.41, 5.74) is 6.73. The predicted octanol–water partition coefficient (Wildman–Crippen LogP) is 2.62. The molecule has 0 unspecified atom stereocenters. The number of halogens is 2. The Morgan fingerprint density at radius 3 is 2.39 bits per heavy atom. The molecule has 1 heterocycles. The van der Waals surface area contributed by atoms with E-state index in [9.17, 15) is 23.2 Å². The van der Waals surface area contributed by atoms with Crippen LogP contribution < -0.4 is 11.1 Å². The highest BCUT2D eigenvalue weighted by Gasteiger charge is 2.38. The van der Waals surface area contributed by atoms with Crippen LogP contribution in [0.4, 0.5) is 8.78 Å². The van der Waals surface area contributed by atoms with Crippen LogP contribution >= 0.6 is 0 Å². The smallest absolute Gasteiger partial charge is 0.246 e. The first-order chi connectivity index (χ1) is 14.8. The van der Waals surface area contributed by atoms with Gasteiger partial charge in [0.1, 0.15) is 17.7 Å². The first-order valence-electron chi connectivity index (χ1n) is 10.2. The third-order valence-electron chi connectivity index (χ3n) is 5.28. The van der Waals surface area contributed by atoms with Crippen molar-refractivity contribution in [1.82, 2.24) is 10.2 Å². The van der Waals surface area contributed by atoms with E-state index in [1.807, 2.05) is 30.3 Å². The maximum absolute atomic E-state index is 13.5. The van der Waals surface area contributed by atoms with E-state index in [-0.39, 0.29) is 18.0 Å². The van der Waals surface area contributed by atoms with Gasteiger partial charge in [-0.1, -0.05) is 30.3 Å². The maximum Gasteiger partial charge on any atom is 0.246 e. The molecule has 0 spiro atoms. The summed E-state index contributed by atoms with van der Waals surface area (Å²) in [6, 6.07) is 9.87. The van der Waals surface area contributed by atoms with E-state index >= 15 is 0 Å². The van der Waals surface area contributed by atoms with Crippen molar-refractivity contribution in [3.63, 3.8) is 0 Å². The van der Waals surface area contributed by atoms with Gasteiger partial charge < -0.3 is 11.1 Å². The Hall–Kier alpha value is -3.13. The second kappa shape index (κ2) is 9.78. The number of nitrogens with zero attached hydrogens (tertiary/aromatic N) is 1. The monoisotopic (exact) mass is 429 g/mol. The van der Waals surface area contributed by atoms with Gasteiger partial charge in [-0.25, -0.2) is 8.78 Å². The summed E-state index contributed by atoms with van der Waals surface area (Å²) >= 11 is 0. The largest absolute Gasteiger partial charge is 0.347 e. The van der Waals surface area contributed by atoms with Crippen LogP contribution in [0.1, 0.15) is 43.4 Å². The summed E-state index contributed by atoms with van der Waals surface area (Å²) in [5, 5.41) is 2.91. The molecule has 31 heavy (non-hydrogen) atoms. The number of rotatable bonds is 5. The second-order valence-corrected chi connectivity index (χ2v) is 7.76. The standard InChI is InChI=1S/C23H25F2N3O3/c1-14(26)23(31)28(21(29)12-15-10-17(24)13-18(25)11-15)20-9-5-8-19(27-22(20)30)16-6-3-2-4-7-16/h2-4,6-7,10-11,13-14,19-20H,5,8-9,12,26H2,1H3,(H,27,30)/t14-,19-,20-/m0/s1. The number of carbonyl (C=O) groups is 3. The number of nitrogens with one attached hydrogen (secondary N) is 1. The highest BCUT2D eigenvalue weighted by molar-refractivity contribution is 6.02. The Bertz CT molecular complexity index is 946. The molecule has 1 aliphatic rings. The summed E-state index contributed by atoms with van der Waals surface area (Å²) < 4.78 is 27.1. The van der Waals surface area contributed by atoms with Gasteiger partial charge in [0.2, 0.25) is 17.7 Å². The van der Waals surface area contributed by atoms with Crippen LogP contribution in [0.2, 0.25) is 0 Å². The molecule has 0 aromatic heterocycles. The first-order valence-corrected chi connectivity index (χ1v) is 10.2. The molecular formula is C23H25F2N3O3. The zero-order chi connectivity index (χ0) is 22.5. The average Bonchev–Trinajstić information content (AvgIpc) is 2.90. The van der Waals surface area contributed by atoms with Crippen LogP contribution in [0.15, 0.2) is 48.5 Å². The van der Waals surface area contributed by atoms with E-state index in [1.54, 1.807) is 0 Å². The molecule has 0 radical (unpaired) electrons. The molecule has 0 aliphatic carbocycles. The normalized spacial score (nSPS) is 19.8. The van der Waals surface area contributed by atoms with Crippen LogP contribution in [0, 0.1) is 11.6 Å². The van der Waals surface area contributed by atoms with E-state index in [2.05, 4.69) is 5.32 Å². The molecule has 0 bridgehead atoms. The molecular weight excluding hydrogens is 404 g/mol. The van der Waals surface area contributed by atoms with Crippen LogP contribution in [-0.2, 0) is 20.8 Å². The van der Waals surface area contributed by atoms with Gasteiger partial charge >= 0.3 is 0 Å². The molecule has 2 aromatic rings. The Morgan fingerprint density at radius 1 is 1.13 bits per heavy atom. The van der Waals surface area contributed by atoms with Crippen molar-refractivity contribution in [2.24, 2.45) is 5.73 Å². The lowest BCUT2D eigenvalue weighted by atomic mass is 10.0. The maximum atomic E-state index is 13.5. The lowest BCUT2D eigenvalue weighted by Gasteiger charge is -2.30. The topological polar surface area (TPSA) is 92.5 Å². The molecule has 3 rings (SSSR count). The zero-order valence-electron chi connectivity index (χ0n) is 17.2. The molecule has 164 valence electrons. The summed E-state index contributed by atoms with van der Waals surface area (Å²) in [5.74, 6) is -3.55. The van der Waals surface area contributed by atoms with Crippen LogP contribution in [-0.4, -0.2) is 34.7 Å². The summed E-state index contributed by atoms with van der Waals surface area (Å²) in [4.78, 5) is 39.7. The number of nitrogens with two attached hydrogens (primary N) is 1. The van der Waals surface area contributed by atoms with Gasteiger partial charge in [0.05, 0.1) is 18.5 Å². The molecule has 3 N–H and O–H groups in total. The van der Waals surface area contributed by atoms with E-state index in [1.165, 1.54) is 6.92 Å². The minimum atomic E-state index is -1.04. The quantitative estimate of drug-likeness (QED) is 0.764. The Morgan fingerprint density at radius 2 is 1.77 bits per heavy atom. The van der Waals surface area contributed by atoms with Crippen molar-refractivity contribution in [1.29, 1.82) is 0 Å².